The molecule has 0 amide bonds. The molecule has 2 heterocycles. The molecule has 0 aliphatic heterocycles. The molecule has 32 heavy (non-hydrogen) atoms. The molecule has 4 rings (SSSR count). The van der Waals surface area contributed by atoms with E-state index in [1.54, 1.807) is 42.8 Å². The number of ether oxygens (including phenoxy) is 2. The average molecular weight is 449 g/mol. The quantitative estimate of drug-likeness (QED) is 0.439. The number of ketones is 1. The molecule has 0 unspecified atom stereocenters. The van der Waals surface area contributed by atoms with Crippen LogP contribution >= 0.6 is 11.3 Å². The molecule has 3 aromatic rings. The molecule has 2 aromatic heterocycles. The highest BCUT2D eigenvalue weighted by molar-refractivity contribution is 7.12. The standard InChI is InChI=1S/C24H20N2O5S/c1-3-31-23(28)17-13-16-20(12-14-6-4-5-7-15(14)21(16)27)26-18(17)8-10-25-19-9-11-32-22(19)24(29)30-2/h4-11,13,25H,3,12H2,1-2H3/b10-8+. The number of benzene rings is 1. The molecule has 1 aliphatic carbocycles. The molecule has 1 aliphatic rings. The number of anilines is 1. The minimum atomic E-state index is -0.556. The first kappa shape index (κ1) is 21.5. The lowest BCUT2D eigenvalue weighted by atomic mass is 9.87. The van der Waals surface area contributed by atoms with Crippen LogP contribution in [0.4, 0.5) is 5.69 Å². The number of aromatic nitrogens is 1. The molecule has 0 saturated carbocycles. The van der Waals surface area contributed by atoms with Crippen LogP contribution in [0.25, 0.3) is 6.08 Å². The van der Waals surface area contributed by atoms with Crippen LogP contribution in [-0.4, -0.2) is 36.4 Å². The Morgan fingerprint density at radius 1 is 1.19 bits per heavy atom. The number of methoxy groups -OCH3 is 1. The van der Waals surface area contributed by atoms with Gasteiger partial charge in [0.1, 0.15) is 4.88 Å². The van der Waals surface area contributed by atoms with Crippen molar-refractivity contribution in [3.63, 3.8) is 0 Å². The van der Waals surface area contributed by atoms with E-state index in [9.17, 15) is 14.4 Å². The van der Waals surface area contributed by atoms with Crippen molar-refractivity contribution >= 4 is 40.8 Å². The highest BCUT2D eigenvalue weighted by Crippen LogP contribution is 2.28. The summed E-state index contributed by atoms with van der Waals surface area (Å²) in [6.07, 6.45) is 3.70. The van der Waals surface area contributed by atoms with Gasteiger partial charge in [0.2, 0.25) is 0 Å². The maximum absolute atomic E-state index is 13.0. The van der Waals surface area contributed by atoms with Gasteiger partial charge in [0.05, 0.1) is 36.4 Å². The van der Waals surface area contributed by atoms with Gasteiger partial charge in [0.25, 0.3) is 0 Å². The fourth-order valence-corrected chi connectivity index (χ4v) is 4.28. The Bertz CT molecular complexity index is 1240. The van der Waals surface area contributed by atoms with Gasteiger partial charge in [-0.2, -0.15) is 0 Å². The van der Waals surface area contributed by atoms with Gasteiger partial charge in [-0.05, 0) is 36.1 Å². The Balaban J connectivity index is 1.70. The molecule has 0 radical (unpaired) electrons. The van der Waals surface area contributed by atoms with E-state index in [-0.39, 0.29) is 18.0 Å². The van der Waals surface area contributed by atoms with Crippen molar-refractivity contribution in [3.8, 4) is 0 Å². The van der Waals surface area contributed by atoms with Crippen molar-refractivity contribution in [2.24, 2.45) is 0 Å². The molecule has 0 fully saturated rings. The van der Waals surface area contributed by atoms with Crippen LogP contribution in [0, 0.1) is 0 Å². The number of esters is 2. The first-order valence-electron chi connectivity index (χ1n) is 9.96. The van der Waals surface area contributed by atoms with E-state index in [0.717, 1.165) is 5.56 Å². The predicted molar refractivity (Wildman–Crippen MR) is 121 cm³/mol. The highest BCUT2D eigenvalue weighted by Gasteiger charge is 2.27. The largest absolute Gasteiger partial charge is 0.465 e. The molecule has 0 spiro atoms. The lowest BCUT2D eigenvalue weighted by Crippen LogP contribution is -2.19. The van der Waals surface area contributed by atoms with Gasteiger partial charge < -0.3 is 14.8 Å². The van der Waals surface area contributed by atoms with Crippen LogP contribution in [0.1, 0.15) is 59.8 Å². The Labute approximate surface area is 188 Å². The van der Waals surface area contributed by atoms with Crippen molar-refractivity contribution in [1.82, 2.24) is 4.98 Å². The summed E-state index contributed by atoms with van der Waals surface area (Å²) in [5.41, 5.74) is 3.68. The smallest absolute Gasteiger partial charge is 0.350 e. The number of fused-ring (bicyclic) bond motifs is 2. The van der Waals surface area contributed by atoms with Gasteiger partial charge in [-0.25, -0.2) is 9.59 Å². The fourth-order valence-electron chi connectivity index (χ4n) is 3.50. The second kappa shape index (κ2) is 9.15. The van der Waals surface area contributed by atoms with E-state index in [0.29, 0.717) is 39.5 Å². The van der Waals surface area contributed by atoms with Gasteiger partial charge in [0.15, 0.2) is 5.78 Å². The summed E-state index contributed by atoms with van der Waals surface area (Å²) in [6.45, 7) is 1.92. The van der Waals surface area contributed by atoms with Gasteiger partial charge in [-0.1, -0.05) is 24.3 Å². The van der Waals surface area contributed by atoms with Gasteiger partial charge >= 0.3 is 11.9 Å². The van der Waals surface area contributed by atoms with E-state index in [2.05, 4.69) is 10.3 Å². The number of pyridine rings is 1. The molecular weight excluding hydrogens is 428 g/mol. The summed E-state index contributed by atoms with van der Waals surface area (Å²) >= 11 is 1.26. The van der Waals surface area contributed by atoms with E-state index in [1.807, 2.05) is 18.2 Å². The summed E-state index contributed by atoms with van der Waals surface area (Å²) in [4.78, 5) is 42.5. The SMILES string of the molecule is CCOC(=O)c1cc2c(nc1/C=C/Nc1ccsc1C(=O)OC)Cc1ccccc1C2=O. The number of carbonyl (C=O) groups excluding carboxylic acids is 3. The average Bonchev–Trinajstić information content (AvgIpc) is 3.27. The summed E-state index contributed by atoms with van der Waals surface area (Å²) in [6, 6.07) is 10.7. The third kappa shape index (κ3) is 4.04. The summed E-state index contributed by atoms with van der Waals surface area (Å²) < 4.78 is 9.96. The van der Waals surface area contributed by atoms with E-state index < -0.39 is 11.9 Å². The molecular formula is C24H20N2O5S. The number of nitrogens with zero attached hydrogens (tertiary/aromatic N) is 1. The minimum absolute atomic E-state index is 0.158. The lowest BCUT2D eigenvalue weighted by molar-refractivity contribution is 0.0524. The van der Waals surface area contributed by atoms with Crippen LogP contribution in [0.5, 0.6) is 0 Å². The van der Waals surface area contributed by atoms with Crippen LogP contribution in [0.2, 0.25) is 0 Å². The summed E-state index contributed by atoms with van der Waals surface area (Å²) in [7, 11) is 1.32. The van der Waals surface area contributed by atoms with Gasteiger partial charge in [-0.15, -0.1) is 11.3 Å². The number of carbonyl (C=O) groups is 3. The third-order valence-electron chi connectivity index (χ3n) is 5.01. The Hall–Kier alpha value is -3.78. The number of hydrogen-bond acceptors (Lipinski definition) is 8. The molecule has 7 nitrogen and oxygen atoms in total. The van der Waals surface area contributed by atoms with Crippen molar-refractivity contribution in [3.05, 3.63) is 86.5 Å². The van der Waals surface area contributed by atoms with E-state index >= 15 is 0 Å². The Kier molecular flexibility index (Phi) is 6.13. The molecule has 1 aromatic carbocycles. The van der Waals surface area contributed by atoms with Crippen molar-refractivity contribution in [2.75, 3.05) is 19.0 Å². The molecule has 0 saturated heterocycles. The molecule has 1 N–H and O–H groups in total. The summed E-state index contributed by atoms with van der Waals surface area (Å²) in [5, 5.41) is 4.80. The monoisotopic (exact) mass is 448 g/mol. The maximum atomic E-state index is 13.0. The molecule has 0 atom stereocenters. The molecule has 0 bridgehead atoms. The van der Waals surface area contributed by atoms with Crippen LogP contribution in [-0.2, 0) is 15.9 Å². The lowest BCUT2D eigenvalue weighted by Gasteiger charge is -2.19. The Morgan fingerprint density at radius 3 is 2.78 bits per heavy atom. The van der Waals surface area contributed by atoms with Crippen LogP contribution in [0.3, 0.4) is 0 Å². The first-order chi connectivity index (χ1) is 15.5. The van der Waals surface area contributed by atoms with Crippen molar-refractivity contribution < 1.29 is 23.9 Å². The number of hydrogen-bond donors (Lipinski definition) is 1. The topological polar surface area (TPSA) is 94.6 Å². The van der Waals surface area contributed by atoms with Crippen LogP contribution < -0.4 is 5.32 Å². The second-order valence-corrected chi connectivity index (χ2v) is 7.85. The fraction of sp³-hybridized carbons (Fsp3) is 0.167. The zero-order valence-electron chi connectivity index (χ0n) is 17.5. The Morgan fingerprint density at radius 2 is 2.00 bits per heavy atom. The third-order valence-corrected chi connectivity index (χ3v) is 5.90. The maximum Gasteiger partial charge on any atom is 0.350 e. The highest BCUT2D eigenvalue weighted by atomic mass is 32.1. The van der Waals surface area contributed by atoms with Crippen molar-refractivity contribution in [2.45, 2.75) is 13.3 Å². The summed E-state index contributed by atoms with van der Waals surface area (Å²) in [5.74, 6) is -1.15. The van der Waals surface area contributed by atoms with E-state index in [1.165, 1.54) is 18.4 Å². The van der Waals surface area contributed by atoms with Gasteiger partial charge in [0, 0.05) is 23.7 Å². The molecule has 8 heteroatoms. The molecule has 162 valence electrons. The number of thiophene rings is 1. The number of nitrogens with one attached hydrogen (secondary N) is 1. The number of rotatable bonds is 6. The predicted octanol–water partition coefficient (Wildman–Crippen LogP) is 4.32. The van der Waals surface area contributed by atoms with E-state index in [4.69, 9.17) is 9.47 Å². The van der Waals surface area contributed by atoms with Gasteiger partial charge in [-0.3, -0.25) is 9.78 Å². The van der Waals surface area contributed by atoms with Crippen LogP contribution in [0.15, 0.2) is 48.0 Å². The normalized spacial score (nSPS) is 12.2. The zero-order valence-corrected chi connectivity index (χ0v) is 18.3. The first-order valence-corrected chi connectivity index (χ1v) is 10.8. The second-order valence-electron chi connectivity index (χ2n) is 6.93. The zero-order chi connectivity index (χ0) is 22.7. The minimum Gasteiger partial charge on any atom is -0.465 e. The van der Waals surface area contributed by atoms with Crippen molar-refractivity contribution in [1.29, 1.82) is 0 Å².